The lowest BCUT2D eigenvalue weighted by atomic mass is 10.1. The molecular weight excluding hydrogens is 610 g/mol. The topological polar surface area (TPSA) is 382 Å². The minimum absolute atomic E-state index is 0.360. The monoisotopic (exact) mass is 645 g/mol. The molecule has 0 bridgehead atoms. The number of nitrogens with one attached hydrogen (secondary N) is 8. The molecule has 0 saturated heterocycles. The number of carbonyl (C=O) groups is 11. The normalized spacial score (nSPS) is 11.3. The van der Waals surface area contributed by atoms with Gasteiger partial charge in [-0.3, -0.25) is 52.7 Å². The molecule has 250 valence electrons. The van der Waals surface area contributed by atoms with Crippen molar-refractivity contribution in [2.75, 3.05) is 45.8 Å². The van der Waals surface area contributed by atoms with Crippen LogP contribution in [-0.4, -0.2) is 128 Å². The third kappa shape index (κ3) is 19.8. The van der Waals surface area contributed by atoms with E-state index in [2.05, 4.69) is 37.2 Å². The fraction of sp³-hybridized carbons (Fsp3) is 0.500. The predicted molar refractivity (Wildman–Crippen MR) is 146 cm³/mol. The Kier molecular flexibility index (Phi) is 18.2. The lowest BCUT2D eigenvalue weighted by Crippen LogP contribution is -2.54. The Bertz CT molecular complexity index is 1180. The third-order valence-corrected chi connectivity index (χ3v) is 4.92. The second-order valence-electron chi connectivity index (χ2n) is 8.72. The highest BCUT2D eigenvalue weighted by molar-refractivity contribution is 5.97. The molecule has 0 fully saturated rings. The molecule has 0 unspecified atom stereocenters. The molecule has 0 aromatic rings. The number of hydrogen-bond donors (Lipinski definition) is 12. The summed E-state index contributed by atoms with van der Waals surface area (Å²) in [4.78, 5) is 128. The van der Waals surface area contributed by atoms with E-state index in [1.165, 1.54) is 0 Å². The fourth-order valence-corrected chi connectivity index (χ4v) is 2.86. The summed E-state index contributed by atoms with van der Waals surface area (Å²) in [7, 11) is 0. The first-order valence-corrected chi connectivity index (χ1v) is 12.7. The molecule has 0 aromatic heterocycles. The number of rotatable bonds is 21. The molecule has 0 saturated carbocycles. The molecule has 0 aliphatic heterocycles. The first-order valence-electron chi connectivity index (χ1n) is 12.7. The summed E-state index contributed by atoms with van der Waals surface area (Å²) in [6.07, 6.45) is -1.38. The largest absolute Gasteiger partial charge is 0.480 e. The quantitative estimate of drug-likeness (QED) is 0.0552. The lowest BCUT2D eigenvalue weighted by molar-refractivity contribution is -0.138. The van der Waals surface area contributed by atoms with Gasteiger partial charge in [0.15, 0.2) is 0 Å². The van der Waals surface area contributed by atoms with E-state index in [0.29, 0.717) is 0 Å². The molecule has 0 heterocycles. The van der Waals surface area contributed by atoms with Crippen LogP contribution in [0, 0.1) is 0 Å². The van der Waals surface area contributed by atoms with E-state index in [9.17, 15) is 52.7 Å². The second-order valence-corrected chi connectivity index (χ2v) is 8.72. The van der Waals surface area contributed by atoms with E-state index >= 15 is 0 Å². The number of amides is 10. The summed E-state index contributed by atoms with van der Waals surface area (Å²) >= 11 is 0. The van der Waals surface area contributed by atoms with Crippen LogP contribution < -0.4 is 59.7 Å². The molecule has 23 heteroatoms. The SMILES string of the molecule is NCC(=O)NCC(=O)NCC(=O)N[C@@H](CC(N)=O)C(=O)NCC(=O)NCC(=O)N[C@@H](CC(N)=O)C(=O)NCC(=O)NCC(=O)O. The maximum Gasteiger partial charge on any atom is 0.322 e. The van der Waals surface area contributed by atoms with Crippen LogP contribution in [0.25, 0.3) is 0 Å². The van der Waals surface area contributed by atoms with E-state index in [4.69, 9.17) is 22.3 Å². The maximum atomic E-state index is 12.4. The molecule has 10 amide bonds. The Morgan fingerprint density at radius 2 is 0.778 bits per heavy atom. The lowest BCUT2D eigenvalue weighted by Gasteiger charge is -2.18. The Hall–Kier alpha value is -5.87. The van der Waals surface area contributed by atoms with E-state index < -0.39 is 129 Å². The summed E-state index contributed by atoms with van der Waals surface area (Å²) in [5, 5.41) is 25.3. The van der Waals surface area contributed by atoms with Gasteiger partial charge in [0.05, 0.1) is 52.1 Å². The summed E-state index contributed by atoms with van der Waals surface area (Å²) in [5.41, 5.74) is 15.2. The minimum atomic E-state index is -1.56. The van der Waals surface area contributed by atoms with Crippen molar-refractivity contribution in [3.63, 3.8) is 0 Å². The van der Waals surface area contributed by atoms with Gasteiger partial charge in [0.25, 0.3) is 0 Å². The van der Waals surface area contributed by atoms with Crippen molar-refractivity contribution in [3.05, 3.63) is 0 Å². The summed E-state index contributed by atoms with van der Waals surface area (Å²) < 4.78 is 0. The highest BCUT2D eigenvalue weighted by atomic mass is 16.4. The van der Waals surface area contributed by atoms with Crippen molar-refractivity contribution >= 4 is 65.0 Å². The molecule has 45 heavy (non-hydrogen) atoms. The Morgan fingerprint density at radius 3 is 1.11 bits per heavy atom. The van der Waals surface area contributed by atoms with Gasteiger partial charge in [0.2, 0.25) is 59.1 Å². The fourth-order valence-electron chi connectivity index (χ4n) is 2.86. The van der Waals surface area contributed by atoms with Crippen molar-refractivity contribution in [2.24, 2.45) is 17.2 Å². The van der Waals surface area contributed by atoms with Gasteiger partial charge in [-0.05, 0) is 0 Å². The van der Waals surface area contributed by atoms with Gasteiger partial charge in [-0.25, -0.2) is 0 Å². The summed E-state index contributed by atoms with van der Waals surface area (Å²) in [6, 6.07) is -3.12. The molecule has 0 aliphatic carbocycles. The first-order chi connectivity index (χ1) is 21.0. The van der Waals surface area contributed by atoms with Crippen LogP contribution in [0.1, 0.15) is 12.8 Å². The van der Waals surface area contributed by atoms with E-state index in [-0.39, 0.29) is 6.54 Å². The van der Waals surface area contributed by atoms with Gasteiger partial charge in [0, 0.05) is 0 Å². The number of hydrogen-bond acceptors (Lipinski definition) is 12. The van der Waals surface area contributed by atoms with Crippen molar-refractivity contribution in [3.8, 4) is 0 Å². The first kappa shape index (κ1) is 39.1. The van der Waals surface area contributed by atoms with Crippen LogP contribution >= 0.6 is 0 Å². The molecule has 0 rings (SSSR count). The van der Waals surface area contributed by atoms with Crippen LogP contribution in [0.3, 0.4) is 0 Å². The Labute approximate surface area is 253 Å². The number of carboxylic acid groups (broad SMARTS) is 1. The highest BCUT2D eigenvalue weighted by Gasteiger charge is 2.25. The van der Waals surface area contributed by atoms with Gasteiger partial charge in [0.1, 0.15) is 18.6 Å². The molecule has 2 atom stereocenters. The van der Waals surface area contributed by atoms with E-state index in [0.717, 1.165) is 0 Å². The van der Waals surface area contributed by atoms with Crippen LogP contribution in [0.5, 0.6) is 0 Å². The van der Waals surface area contributed by atoms with Gasteiger partial charge < -0.3 is 64.8 Å². The van der Waals surface area contributed by atoms with Crippen LogP contribution in [0.15, 0.2) is 0 Å². The predicted octanol–water partition coefficient (Wildman–Crippen LogP) is -9.55. The molecule has 0 radical (unpaired) electrons. The van der Waals surface area contributed by atoms with Gasteiger partial charge in [-0.1, -0.05) is 0 Å². The second kappa shape index (κ2) is 20.9. The van der Waals surface area contributed by atoms with E-state index in [1.54, 1.807) is 0 Å². The van der Waals surface area contributed by atoms with Crippen molar-refractivity contribution in [1.82, 2.24) is 42.5 Å². The third-order valence-electron chi connectivity index (χ3n) is 4.92. The zero-order chi connectivity index (χ0) is 34.5. The van der Waals surface area contributed by atoms with Gasteiger partial charge in [-0.2, -0.15) is 0 Å². The number of primary amides is 2. The van der Waals surface area contributed by atoms with Crippen LogP contribution in [0.2, 0.25) is 0 Å². The Morgan fingerprint density at radius 1 is 0.467 bits per heavy atom. The minimum Gasteiger partial charge on any atom is -0.480 e. The van der Waals surface area contributed by atoms with Gasteiger partial charge >= 0.3 is 5.97 Å². The standard InChI is InChI=1S/C22H35N11O12/c23-3-14(36)26-4-15(37)27-7-18(40)32-10(1-12(24)34)21(44)30-5-16(38)28-8-19(41)33-11(2-13(25)35)22(45)31-6-17(39)29-9-20(42)43/h10-11H,1-9,23H2,(H2,24,34)(H2,25,35)(H,26,36)(H,27,37)(H,28,38)(H,29,39)(H,30,44)(H,31,45)(H,32,40)(H,33,41)(H,42,43)/t10-,11-/m0/s1. The molecule has 15 N–H and O–H groups in total. The smallest absolute Gasteiger partial charge is 0.322 e. The van der Waals surface area contributed by atoms with Crippen molar-refractivity contribution < 1.29 is 57.8 Å². The van der Waals surface area contributed by atoms with Crippen LogP contribution in [-0.2, 0) is 52.7 Å². The molecule has 0 aliphatic rings. The highest BCUT2D eigenvalue weighted by Crippen LogP contribution is 1.94. The molecular formula is C22H35N11O12. The van der Waals surface area contributed by atoms with Crippen LogP contribution in [0.4, 0.5) is 0 Å². The molecule has 0 spiro atoms. The number of nitrogens with two attached hydrogens (primary N) is 3. The summed E-state index contributed by atoms with van der Waals surface area (Å²) in [5.74, 6) is -10.5. The Balaban J connectivity index is 4.82. The zero-order valence-corrected chi connectivity index (χ0v) is 23.7. The summed E-state index contributed by atoms with van der Waals surface area (Å²) in [6.45, 7) is -4.41. The average Bonchev–Trinajstić information content (AvgIpc) is 2.96. The van der Waals surface area contributed by atoms with E-state index in [1.807, 2.05) is 5.32 Å². The molecule has 0 aromatic carbocycles. The number of carboxylic acids is 1. The zero-order valence-electron chi connectivity index (χ0n) is 23.7. The van der Waals surface area contributed by atoms with Crippen molar-refractivity contribution in [1.29, 1.82) is 0 Å². The number of carbonyl (C=O) groups excluding carboxylic acids is 10. The maximum absolute atomic E-state index is 12.4. The molecule has 23 nitrogen and oxygen atoms in total. The number of aliphatic carboxylic acids is 1. The van der Waals surface area contributed by atoms with Crippen molar-refractivity contribution in [2.45, 2.75) is 24.9 Å². The average molecular weight is 646 g/mol. The van der Waals surface area contributed by atoms with Gasteiger partial charge in [-0.15, -0.1) is 0 Å².